The van der Waals surface area contributed by atoms with Gasteiger partial charge in [-0.05, 0) is 132 Å². The number of amides is 1. The lowest BCUT2D eigenvalue weighted by atomic mass is 9.50. The van der Waals surface area contributed by atoms with Crippen molar-refractivity contribution in [1.82, 2.24) is 4.90 Å². The molecule has 1 saturated heterocycles. The highest BCUT2D eigenvalue weighted by molar-refractivity contribution is 5.93. The first-order valence-corrected chi connectivity index (χ1v) is 18.1. The third kappa shape index (κ3) is 6.24. The van der Waals surface area contributed by atoms with Gasteiger partial charge in [0.05, 0.1) is 0 Å². The molecule has 0 spiro atoms. The Labute approximate surface area is 286 Å². The van der Waals surface area contributed by atoms with Crippen LogP contribution in [0.1, 0.15) is 111 Å². The molecule has 1 aliphatic heterocycles. The van der Waals surface area contributed by atoms with Gasteiger partial charge in [0.25, 0.3) is 0 Å². The minimum atomic E-state index is -1.12. The van der Waals surface area contributed by atoms with Crippen molar-refractivity contribution >= 4 is 29.3 Å². The number of ether oxygens (including phenoxy) is 2. The number of rotatable bonds is 6. The molecule has 3 fully saturated rings. The van der Waals surface area contributed by atoms with Gasteiger partial charge in [-0.1, -0.05) is 24.6 Å². The van der Waals surface area contributed by atoms with E-state index in [9.17, 15) is 19.2 Å². The molecule has 1 aromatic rings. The van der Waals surface area contributed by atoms with Crippen LogP contribution in [0.4, 0.5) is 10.5 Å². The topological polar surface area (TPSA) is 93.2 Å². The fourth-order valence-corrected chi connectivity index (χ4v) is 10.1. The molecule has 260 valence electrons. The SMILES string of the molecule is CC(=O)O[C@@]1(C(C)=O)CC[C@@H]2[C@H]3CCC4=CC(=O)CCC4=C3[C@H](c3ccc(N(C)CC4CCN(C(=O)OC(C)(C)C)CC4)cc3)C[C@]21C. The van der Waals surface area contributed by atoms with Crippen molar-refractivity contribution in [3.05, 3.63) is 52.6 Å². The van der Waals surface area contributed by atoms with Crippen molar-refractivity contribution in [3.63, 3.8) is 0 Å². The van der Waals surface area contributed by atoms with Gasteiger partial charge in [0.1, 0.15) is 5.60 Å². The zero-order valence-electron chi connectivity index (χ0n) is 30.0. The van der Waals surface area contributed by atoms with Crippen LogP contribution < -0.4 is 4.90 Å². The van der Waals surface area contributed by atoms with Gasteiger partial charge < -0.3 is 19.3 Å². The summed E-state index contributed by atoms with van der Waals surface area (Å²) in [5.74, 6) is 0.874. The number of anilines is 1. The molecule has 8 heteroatoms. The van der Waals surface area contributed by atoms with Crippen molar-refractivity contribution in [2.24, 2.45) is 23.2 Å². The van der Waals surface area contributed by atoms with Crippen molar-refractivity contribution in [2.45, 2.75) is 116 Å². The third-order valence-corrected chi connectivity index (χ3v) is 12.3. The summed E-state index contributed by atoms with van der Waals surface area (Å²) >= 11 is 0. The molecule has 5 aliphatic rings. The maximum atomic E-state index is 13.5. The smallest absolute Gasteiger partial charge is 0.410 e. The van der Waals surface area contributed by atoms with Crippen LogP contribution in [-0.2, 0) is 23.9 Å². The molecule has 0 unspecified atom stereocenters. The van der Waals surface area contributed by atoms with E-state index < -0.39 is 22.6 Å². The number of benzene rings is 1. The monoisotopic (exact) mass is 658 g/mol. The van der Waals surface area contributed by atoms with Crippen molar-refractivity contribution in [1.29, 1.82) is 0 Å². The summed E-state index contributed by atoms with van der Waals surface area (Å²) < 4.78 is 11.7. The Morgan fingerprint density at radius 1 is 0.979 bits per heavy atom. The molecule has 8 nitrogen and oxygen atoms in total. The zero-order chi connectivity index (χ0) is 34.6. The van der Waals surface area contributed by atoms with Crippen molar-refractivity contribution in [2.75, 3.05) is 31.6 Å². The average molecular weight is 659 g/mol. The average Bonchev–Trinajstić information content (AvgIpc) is 3.32. The van der Waals surface area contributed by atoms with E-state index in [0.717, 1.165) is 57.2 Å². The largest absolute Gasteiger partial charge is 0.451 e. The van der Waals surface area contributed by atoms with Crippen LogP contribution in [0.3, 0.4) is 0 Å². The van der Waals surface area contributed by atoms with Crippen molar-refractivity contribution in [3.8, 4) is 0 Å². The number of piperidine rings is 1. The molecular weight excluding hydrogens is 604 g/mol. The number of hydrogen-bond donors (Lipinski definition) is 0. The predicted molar refractivity (Wildman–Crippen MR) is 186 cm³/mol. The van der Waals surface area contributed by atoms with Crippen LogP contribution in [-0.4, -0.2) is 66.4 Å². The third-order valence-electron chi connectivity index (χ3n) is 12.3. The summed E-state index contributed by atoms with van der Waals surface area (Å²) in [6, 6.07) is 8.92. The van der Waals surface area contributed by atoms with E-state index in [1.54, 1.807) is 6.92 Å². The number of esters is 1. The van der Waals surface area contributed by atoms with Gasteiger partial charge in [-0.2, -0.15) is 0 Å². The molecule has 48 heavy (non-hydrogen) atoms. The summed E-state index contributed by atoms with van der Waals surface area (Å²) in [5.41, 5.74) is 4.30. The second kappa shape index (κ2) is 12.8. The van der Waals surface area contributed by atoms with E-state index in [-0.39, 0.29) is 29.5 Å². The van der Waals surface area contributed by atoms with Gasteiger partial charge in [-0.15, -0.1) is 0 Å². The summed E-state index contributed by atoms with van der Waals surface area (Å²) in [5, 5.41) is 0. The van der Waals surface area contributed by atoms with Gasteiger partial charge in [-0.3, -0.25) is 14.4 Å². The highest BCUT2D eigenvalue weighted by Crippen LogP contribution is 2.67. The Kier molecular flexibility index (Phi) is 9.18. The van der Waals surface area contributed by atoms with Crippen LogP contribution in [0.15, 0.2) is 47.1 Å². The van der Waals surface area contributed by atoms with Crippen LogP contribution >= 0.6 is 0 Å². The van der Waals surface area contributed by atoms with E-state index in [4.69, 9.17) is 9.47 Å². The Balaban J connectivity index is 1.25. The van der Waals surface area contributed by atoms with Crippen molar-refractivity contribution < 1.29 is 28.7 Å². The van der Waals surface area contributed by atoms with Crippen LogP contribution in [0.5, 0.6) is 0 Å². The summed E-state index contributed by atoms with van der Waals surface area (Å²) in [4.78, 5) is 55.1. The van der Waals surface area contributed by atoms with E-state index in [1.807, 2.05) is 31.7 Å². The Morgan fingerprint density at radius 3 is 2.29 bits per heavy atom. The lowest BCUT2D eigenvalue weighted by Gasteiger charge is -2.55. The number of nitrogens with zero attached hydrogens (tertiary/aromatic N) is 2. The predicted octanol–water partition coefficient (Wildman–Crippen LogP) is 7.56. The molecule has 1 aromatic carbocycles. The number of ketones is 2. The number of hydrogen-bond acceptors (Lipinski definition) is 7. The lowest BCUT2D eigenvalue weighted by molar-refractivity contribution is -0.182. The molecule has 0 radical (unpaired) electrons. The fourth-order valence-electron chi connectivity index (χ4n) is 10.1. The van der Waals surface area contributed by atoms with Gasteiger partial charge >= 0.3 is 12.1 Å². The maximum absolute atomic E-state index is 13.5. The van der Waals surface area contributed by atoms with Gasteiger partial charge in [0.2, 0.25) is 0 Å². The minimum Gasteiger partial charge on any atom is -0.451 e. The lowest BCUT2D eigenvalue weighted by Crippen LogP contribution is -2.57. The molecular formula is C40H54N2O6. The highest BCUT2D eigenvalue weighted by atomic mass is 16.6. The quantitative estimate of drug-likeness (QED) is 0.291. The molecule has 0 bridgehead atoms. The number of allylic oxidation sites excluding steroid dienone is 4. The first-order chi connectivity index (χ1) is 22.6. The minimum absolute atomic E-state index is 0.0499. The first kappa shape index (κ1) is 34.4. The van der Waals surface area contributed by atoms with E-state index in [2.05, 4.69) is 43.1 Å². The molecule has 1 amide bonds. The molecule has 0 aromatic heterocycles. The summed E-state index contributed by atoms with van der Waals surface area (Å²) in [6.07, 6.45) is 8.88. The summed E-state index contributed by atoms with van der Waals surface area (Å²) in [7, 11) is 2.14. The Morgan fingerprint density at radius 2 is 1.67 bits per heavy atom. The molecule has 4 aliphatic carbocycles. The van der Waals surface area contributed by atoms with E-state index in [1.165, 1.54) is 29.2 Å². The van der Waals surface area contributed by atoms with Gasteiger partial charge in [0, 0.05) is 57.0 Å². The number of carbonyl (C=O) groups excluding carboxylic acids is 4. The Hall–Kier alpha value is -3.42. The zero-order valence-corrected chi connectivity index (χ0v) is 30.0. The second-order valence-electron chi connectivity index (χ2n) is 16.4. The molecule has 5 atom stereocenters. The van der Waals surface area contributed by atoms with Crippen LogP contribution in [0.2, 0.25) is 0 Å². The van der Waals surface area contributed by atoms with Crippen LogP contribution in [0, 0.1) is 23.2 Å². The van der Waals surface area contributed by atoms with Gasteiger partial charge in [0.15, 0.2) is 17.2 Å². The summed E-state index contributed by atoms with van der Waals surface area (Å²) in [6.45, 7) is 13.3. The maximum Gasteiger partial charge on any atom is 0.410 e. The highest BCUT2D eigenvalue weighted by Gasteiger charge is 2.67. The number of Topliss-reactive ketones (excluding diaryl/α,β-unsaturated/α-hetero) is 1. The normalized spacial score (nSPS) is 30.6. The second-order valence-corrected chi connectivity index (χ2v) is 16.4. The van der Waals surface area contributed by atoms with E-state index >= 15 is 0 Å². The number of likely N-dealkylation sites (tertiary alicyclic amines) is 1. The Bertz CT molecular complexity index is 1530. The van der Waals surface area contributed by atoms with E-state index in [0.29, 0.717) is 37.8 Å². The molecule has 6 rings (SSSR count). The fraction of sp³-hybridized carbons (Fsp3) is 0.650. The van der Waals surface area contributed by atoms with Crippen LogP contribution in [0.25, 0.3) is 0 Å². The standard InChI is InChI=1S/C40H54N2O6/c1-25(43)40(47-26(2)44)19-16-35-33-14-10-29-22-31(45)13-15-32(29)36(33)34(23-39(35,40)6)28-8-11-30(12-9-28)41(7)24-27-17-20-42(21-18-27)37(46)48-38(3,4)5/h8-9,11-12,22,27,33-35H,10,13-21,23-24H2,1-7H3/t33-,34+,35-,39-,40-/m1/s1. The first-order valence-electron chi connectivity index (χ1n) is 18.1. The number of fused-ring (bicyclic) bond motifs is 4. The molecule has 2 saturated carbocycles. The molecule has 1 heterocycles. The number of carbonyl (C=O) groups is 4. The molecule has 0 N–H and O–H groups in total. The van der Waals surface area contributed by atoms with Gasteiger partial charge in [-0.25, -0.2) is 4.79 Å².